The van der Waals surface area contributed by atoms with Gasteiger partial charge in [-0.1, -0.05) is 279 Å². The molecule has 1 aliphatic heterocycles. The van der Waals surface area contributed by atoms with Crippen LogP contribution in [0.5, 0.6) is 0 Å². The first kappa shape index (κ1) is 50.2. The summed E-state index contributed by atoms with van der Waals surface area (Å²) in [4.78, 5) is 19.5. The molecule has 0 bridgehead atoms. The molecule has 6 nitrogen and oxygen atoms in total. The number of rotatable bonds is 6. The van der Waals surface area contributed by atoms with E-state index in [-0.39, 0.29) is 76.7 Å². The van der Waals surface area contributed by atoms with E-state index in [1.807, 2.05) is 115 Å². The van der Waals surface area contributed by atoms with Crippen molar-refractivity contribution in [2.45, 2.75) is 38.9 Å². The van der Waals surface area contributed by atoms with Crippen LogP contribution in [0.15, 0.2) is 320 Å². The van der Waals surface area contributed by atoms with Gasteiger partial charge in [-0.2, -0.15) is 0 Å². The van der Waals surface area contributed by atoms with Crippen molar-refractivity contribution in [3.05, 3.63) is 320 Å². The molecule has 0 radical (unpaired) electrons. The highest BCUT2D eigenvalue weighted by Crippen LogP contribution is 2.48. The first-order chi connectivity index (χ1) is 52.2. The fourth-order valence-corrected chi connectivity index (χ4v) is 14.7. The van der Waals surface area contributed by atoms with Gasteiger partial charge in [0, 0.05) is 49.5 Å². The van der Waals surface area contributed by atoms with Crippen molar-refractivity contribution in [3.8, 4) is 55.9 Å². The quantitative estimate of drug-likeness (QED) is 0.0939. The van der Waals surface area contributed by atoms with E-state index in [0.717, 1.165) is 152 Å². The fourth-order valence-electron chi connectivity index (χ4n) is 14.0. The van der Waals surface area contributed by atoms with Gasteiger partial charge in [0.15, 0.2) is 0 Å². The zero-order chi connectivity index (χ0) is 74.8. The maximum Gasteiger partial charge on any atom is 0.495 e. The Hall–Kier alpha value is -11.3. The third-order valence-electron chi connectivity index (χ3n) is 19.4. The van der Waals surface area contributed by atoms with Crippen molar-refractivity contribution in [3.63, 3.8) is 0 Å². The van der Waals surface area contributed by atoms with Gasteiger partial charge >= 0.3 is 7.12 Å². The van der Waals surface area contributed by atoms with Gasteiger partial charge < -0.3 is 9.31 Å². The Kier molecular flexibility index (Phi) is 12.7. The van der Waals surface area contributed by atoms with Crippen molar-refractivity contribution in [1.82, 2.24) is 19.9 Å². The normalized spacial score (nSPS) is 14.8. The van der Waals surface area contributed by atoms with Crippen molar-refractivity contribution >= 4 is 137 Å². The number of hydrogen-bond acceptors (Lipinski definition) is 6. The molecule has 0 aliphatic carbocycles. The second-order valence-corrected chi connectivity index (χ2v) is 26.3. The van der Waals surface area contributed by atoms with E-state index in [4.69, 9.17) is 33.0 Å². The largest absolute Gasteiger partial charge is 0.495 e. The third kappa shape index (κ3) is 10.5. The van der Waals surface area contributed by atoms with Gasteiger partial charge in [0.1, 0.15) is 0 Å². The first-order valence-corrected chi connectivity index (χ1v) is 33.3. The molecule has 1 saturated heterocycles. The highest BCUT2D eigenvalue weighted by Gasteiger charge is 2.52. The van der Waals surface area contributed by atoms with Gasteiger partial charge in [0.25, 0.3) is 0 Å². The molecule has 8 heteroatoms. The van der Waals surface area contributed by atoms with Crippen molar-refractivity contribution in [2.24, 2.45) is 0 Å². The highest BCUT2D eigenvalue weighted by atomic mass is 79.9. The average Bonchev–Trinajstić information content (AvgIpc) is 0.798. The third-order valence-corrected chi connectivity index (χ3v) is 20.2. The van der Waals surface area contributed by atoms with Crippen LogP contribution in [0.4, 0.5) is 0 Å². The van der Waals surface area contributed by atoms with Gasteiger partial charge in [-0.3, -0.25) is 9.97 Å². The summed E-state index contributed by atoms with van der Waals surface area (Å²) in [6.07, 6.45) is 3.63. The summed E-state index contributed by atoms with van der Waals surface area (Å²) < 4.78 is 97.1. The molecular formula is C90H64BBrN4O2. The Bertz CT molecular complexity index is 6650. The molecule has 4 aromatic heterocycles. The number of nitrogens with zero attached hydrogens (tertiary/aromatic N) is 4. The molecule has 18 aromatic rings. The molecule has 466 valence electrons. The van der Waals surface area contributed by atoms with E-state index >= 15 is 0 Å². The van der Waals surface area contributed by atoms with Crippen LogP contribution in [-0.2, 0) is 9.31 Å². The Labute approximate surface area is 591 Å². The minimum atomic E-state index is -0.411. The molecule has 0 amide bonds. The standard InChI is InChI=1S/C42H26N2.C28H25BN2O2.C20H13Br/c1-2-11-27(12-3-1)39-33-16-6-8-18-35(33)40(36-19-9-7-17-34(36)39)37-24-23-32(30-14-4-5-15-31(30)37)38-25-22-29-21-20-28-13-10-26-43-41(28)42(29)44-38;1-27(2)28(3,4)33-29(32-27)23-15-14-22(20-9-5-6-10-21(20)23)24-16-13-19-12-11-18-8-7-17-30-25(18)26(19)31-24;21-20-17-12-6-4-10-15(17)19(14-8-2-1-3-9-14)16-11-5-7-13-18(16)20/h1-26H;5-17H,1-4H3;1-13H/i1D,2D,3D,11D,12D;;1D,2D,3D,8D,9D. The average molecular weight is 1330 g/mol. The van der Waals surface area contributed by atoms with Crippen LogP contribution in [0.1, 0.15) is 41.4 Å². The minimum absolute atomic E-state index is 0.186. The van der Waals surface area contributed by atoms with Crippen LogP contribution in [0.25, 0.3) is 164 Å². The predicted molar refractivity (Wildman–Crippen MR) is 416 cm³/mol. The van der Waals surface area contributed by atoms with Gasteiger partial charge in [-0.25, -0.2) is 9.97 Å². The Morgan fingerprint density at radius 1 is 0.316 bits per heavy atom. The van der Waals surface area contributed by atoms with E-state index in [0.29, 0.717) is 11.1 Å². The summed E-state index contributed by atoms with van der Waals surface area (Å²) in [5.74, 6) is 0. The molecule has 1 aliphatic rings. The van der Waals surface area contributed by atoms with Crippen LogP contribution in [0.2, 0.25) is 0 Å². The summed E-state index contributed by atoms with van der Waals surface area (Å²) in [6.45, 7) is 8.34. The minimum Gasteiger partial charge on any atom is -0.399 e. The van der Waals surface area contributed by atoms with E-state index in [9.17, 15) is 0 Å². The van der Waals surface area contributed by atoms with Crippen LogP contribution in [0.3, 0.4) is 0 Å². The number of pyridine rings is 4. The van der Waals surface area contributed by atoms with E-state index in [1.165, 1.54) is 0 Å². The molecule has 0 spiro atoms. The van der Waals surface area contributed by atoms with Crippen LogP contribution < -0.4 is 5.46 Å². The van der Waals surface area contributed by atoms with Crippen LogP contribution in [-0.4, -0.2) is 38.3 Å². The van der Waals surface area contributed by atoms with Crippen molar-refractivity contribution < 1.29 is 23.0 Å². The van der Waals surface area contributed by atoms with Crippen LogP contribution in [0, 0.1) is 0 Å². The topological polar surface area (TPSA) is 70.0 Å². The Morgan fingerprint density at radius 2 is 0.643 bits per heavy atom. The Balaban J connectivity index is 0.000000126. The molecule has 0 unspecified atom stereocenters. The van der Waals surface area contributed by atoms with Crippen LogP contribution >= 0.6 is 15.9 Å². The van der Waals surface area contributed by atoms with Gasteiger partial charge in [0.2, 0.25) is 0 Å². The number of fused-ring (bicyclic) bond motifs is 12. The highest BCUT2D eigenvalue weighted by molar-refractivity contribution is 9.10. The summed E-state index contributed by atoms with van der Waals surface area (Å²) in [7, 11) is -0.411. The molecule has 0 atom stereocenters. The number of hydrogen-bond donors (Lipinski definition) is 0. The predicted octanol–water partition coefficient (Wildman–Crippen LogP) is 23.6. The monoisotopic (exact) mass is 1330 g/mol. The first-order valence-electron chi connectivity index (χ1n) is 37.6. The molecule has 0 saturated carbocycles. The second-order valence-electron chi connectivity index (χ2n) is 25.5. The SMILES string of the molecule is CC1(C)OB(c2ccc(-c3ccc4ccc5cccnc5c4n3)c3ccccc23)OC1(C)C.[2H]c1c([2H])c([2H])c(-c2c3ccccc3c(-c3ccc(-c4ccc5ccc6cccnc6c5n4)c4ccccc34)c3ccccc23)c([2H])c1[2H].[2H]c1c([2H])c([2H])c(-c2c3ccccc3c(Br)c3ccccc23)c([2H])c1[2H]. The lowest BCUT2D eigenvalue weighted by atomic mass is 9.75. The molecule has 1 fully saturated rings. The molecule has 5 heterocycles. The van der Waals surface area contributed by atoms with E-state index in [1.54, 1.807) is 6.20 Å². The van der Waals surface area contributed by atoms with Crippen molar-refractivity contribution in [2.75, 3.05) is 0 Å². The molecule has 98 heavy (non-hydrogen) atoms. The summed E-state index contributed by atoms with van der Waals surface area (Å²) >= 11 is 3.67. The van der Waals surface area contributed by atoms with Gasteiger partial charge in [-0.05, 0) is 171 Å². The zero-order valence-electron chi connectivity index (χ0n) is 63.8. The molecule has 14 aromatic carbocycles. The summed E-state index contributed by atoms with van der Waals surface area (Å²) in [5.41, 5.74) is 11.5. The molecule has 0 N–H and O–H groups in total. The number of aromatic nitrogens is 4. The van der Waals surface area contributed by atoms with E-state index < -0.39 is 13.2 Å². The lowest BCUT2D eigenvalue weighted by Crippen LogP contribution is -2.41. The smallest absolute Gasteiger partial charge is 0.399 e. The Morgan fingerprint density at radius 3 is 1.08 bits per heavy atom. The summed E-state index contributed by atoms with van der Waals surface area (Å²) in [6, 6.07) is 78.5. The van der Waals surface area contributed by atoms with Gasteiger partial charge in [-0.15, -0.1) is 0 Å². The maximum absolute atomic E-state index is 8.87. The zero-order valence-corrected chi connectivity index (χ0v) is 55.4. The molecular weight excluding hydrogens is 1260 g/mol. The van der Waals surface area contributed by atoms with Gasteiger partial charge in [0.05, 0.1) is 58.4 Å². The number of halogens is 1. The summed E-state index contributed by atoms with van der Waals surface area (Å²) in [5, 5.41) is 15.7. The second kappa shape index (κ2) is 24.7. The number of benzene rings is 14. The fraction of sp³-hybridized carbons (Fsp3) is 0.0667. The maximum atomic E-state index is 8.87. The lowest BCUT2D eigenvalue weighted by molar-refractivity contribution is 0.00578. The lowest BCUT2D eigenvalue weighted by Gasteiger charge is -2.32. The van der Waals surface area contributed by atoms with Crippen molar-refractivity contribution in [1.29, 1.82) is 0 Å². The van der Waals surface area contributed by atoms with E-state index in [2.05, 4.69) is 187 Å². The molecule has 19 rings (SSSR count).